The molecule has 0 saturated carbocycles. The van der Waals surface area contributed by atoms with Crippen LogP contribution in [0.1, 0.15) is 27.0 Å². The Morgan fingerprint density at radius 2 is 1.71 bits per heavy atom. The third-order valence-electron chi connectivity index (χ3n) is 4.63. The van der Waals surface area contributed by atoms with E-state index in [1.807, 2.05) is 38.1 Å². The van der Waals surface area contributed by atoms with Crippen molar-refractivity contribution in [3.05, 3.63) is 81.9 Å². The number of aromatic nitrogens is 1. The molecule has 140 valence electrons. The minimum Gasteiger partial charge on any atom is -0.436 e. The molecule has 4 nitrogen and oxygen atoms in total. The number of nitrogens with one attached hydrogen (secondary N) is 1. The van der Waals surface area contributed by atoms with Crippen molar-refractivity contribution in [1.82, 2.24) is 4.98 Å². The molecule has 0 fully saturated rings. The van der Waals surface area contributed by atoms with Gasteiger partial charge in [-0.05, 0) is 68.3 Å². The molecule has 0 saturated heterocycles. The van der Waals surface area contributed by atoms with E-state index in [0.29, 0.717) is 33.3 Å². The van der Waals surface area contributed by atoms with Gasteiger partial charge in [0.05, 0.1) is 10.6 Å². The number of rotatable bonds is 3. The molecule has 1 aromatic heterocycles. The van der Waals surface area contributed by atoms with Crippen LogP contribution >= 0.6 is 11.6 Å². The number of aryl methyl sites for hydroxylation is 3. The van der Waals surface area contributed by atoms with Gasteiger partial charge < -0.3 is 9.73 Å². The SMILES string of the molecule is Cc1ccc(-c2nc3cc(NC(=O)c4ccc(C)cc4Cl)ccc3o2)c(C)c1. The van der Waals surface area contributed by atoms with Crippen molar-refractivity contribution in [2.24, 2.45) is 0 Å². The summed E-state index contributed by atoms with van der Waals surface area (Å²) in [5.41, 5.74) is 6.68. The van der Waals surface area contributed by atoms with Crippen LogP contribution in [0, 0.1) is 20.8 Å². The maximum Gasteiger partial charge on any atom is 0.257 e. The van der Waals surface area contributed by atoms with Gasteiger partial charge in [-0.25, -0.2) is 4.98 Å². The average molecular weight is 391 g/mol. The van der Waals surface area contributed by atoms with E-state index in [1.165, 1.54) is 5.56 Å². The van der Waals surface area contributed by atoms with Crippen LogP contribution in [-0.2, 0) is 0 Å². The van der Waals surface area contributed by atoms with Crippen LogP contribution in [0.4, 0.5) is 5.69 Å². The number of oxazole rings is 1. The number of fused-ring (bicyclic) bond motifs is 1. The van der Waals surface area contributed by atoms with Gasteiger partial charge in [0.25, 0.3) is 5.91 Å². The van der Waals surface area contributed by atoms with E-state index in [1.54, 1.807) is 24.3 Å². The zero-order valence-corrected chi connectivity index (χ0v) is 16.6. The van der Waals surface area contributed by atoms with Crippen LogP contribution in [0.3, 0.4) is 0 Å². The first kappa shape index (κ1) is 18.3. The Labute approximate surface area is 168 Å². The highest BCUT2D eigenvalue weighted by Gasteiger charge is 2.14. The summed E-state index contributed by atoms with van der Waals surface area (Å²) >= 11 is 6.19. The van der Waals surface area contributed by atoms with Gasteiger partial charge in [-0.1, -0.05) is 35.4 Å². The molecule has 5 heteroatoms. The molecule has 0 bridgehead atoms. The van der Waals surface area contributed by atoms with Crippen LogP contribution in [0.2, 0.25) is 5.02 Å². The molecular weight excluding hydrogens is 372 g/mol. The third-order valence-corrected chi connectivity index (χ3v) is 4.94. The van der Waals surface area contributed by atoms with Crippen molar-refractivity contribution in [2.45, 2.75) is 20.8 Å². The van der Waals surface area contributed by atoms with E-state index in [-0.39, 0.29) is 5.91 Å². The lowest BCUT2D eigenvalue weighted by molar-refractivity contribution is 0.102. The summed E-state index contributed by atoms with van der Waals surface area (Å²) in [4.78, 5) is 17.1. The molecule has 1 N–H and O–H groups in total. The van der Waals surface area contributed by atoms with E-state index in [4.69, 9.17) is 16.0 Å². The highest BCUT2D eigenvalue weighted by molar-refractivity contribution is 6.34. The van der Waals surface area contributed by atoms with Crippen LogP contribution in [0.5, 0.6) is 0 Å². The summed E-state index contributed by atoms with van der Waals surface area (Å²) in [6.07, 6.45) is 0. The highest BCUT2D eigenvalue weighted by atomic mass is 35.5. The van der Waals surface area contributed by atoms with Crippen LogP contribution in [0.15, 0.2) is 59.0 Å². The van der Waals surface area contributed by atoms with E-state index in [2.05, 4.69) is 23.3 Å². The molecule has 4 aromatic rings. The molecule has 4 rings (SSSR count). The molecule has 0 aliphatic heterocycles. The number of amides is 1. The quantitative estimate of drug-likeness (QED) is 0.445. The number of hydrogen-bond donors (Lipinski definition) is 1. The standard InChI is InChI=1S/C23H19ClN2O2/c1-13-4-7-17(15(3)10-13)23-26-20-12-16(6-9-21(20)28-23)25-22(27)18-8-5-14(2)11-19(18)24/h4-12H,1-3H3,(H,25,27). The first-order valence-electron chi connectivity index (χ1n) is 8.96. The molecule has 0 spiro atoms. The summed E-state index contributed by atoms with van der Waals surface area (Å²) in [7, 11) is 0. The second-order valence-corrected chi connectivity index (χ2v) is 7.36. The van der Waals surface area contributed by atoms with E-state index in [9.17, 15) is 4.79 Å². The number of hydrogen-bond acceptors (Lipinski definition) is 3. The number of anilines is 1. The molecule has 0 aliphatic rings. The van der Waals surface area contributed by atoms with Crippen molar-refractivity contribution >= 4 is 34.3 Å². The molecule has 3 aromatic carbocycles. The smallest absolute Gasteiger partial charge is 0.257 e. The summed E-state index contributed by atoms with van der Waals surface area (Å²) in [6, 6.07) is 16.9. The molecule has 0 radical (unpaired) electrons. The second-order valence-electron chi connectivity index (χ2n) is 6.96. The fourth-order valence-corrected chi connectivity index (χ4v) is 3.50. The molecular formula is C23H19ClN2O2. The first-order chi connectivity index (χ1) is 13.4. The van der Waals surface area contributed by atoms with Crippen LogP contribution < -0.4 is 5.32 Å². The van der Waals surface area contributed by atoms with Crippen molar-refractivity contribution in [1.29, 1.82) is 0 Å². The molecule has 0 atom stereocenters. The summed E-state index contributed by atoms with van der Waals surface area (Å²) in [6.45, 7) is 6.02. The number of nitrogens with zero attached hydrogens (tertiary/aromatic N) is 1. The Kier molecular flexibility index (Phi) is 4.65. The van der Waals surface area contributed by atoms with Gasteiger partial charge in [0.1, 0.15) is 5.52 Å². The predicted octanol–water partition coefficient (Wildman–Crippen LogP) is 6.33. The van der Waals surface area contributed by atoms with Crippen molar-refractivity contribution in [3.63, 3.8) is 0 Å². The molecule has 0 unspecified atom stereocenters. The first-order valence-corrected chi connectivity index (χ1v) is 9.34. The van der Waals surface area contributed by atoms with Gasteiger partial charge in [0.15, 0.2) is 5.58 Å². The van der Waals surface area contributed by atoms with Gasteiger partial charge in [-0.2, -0.15) is 0 Å². The minimum absolute atomic E-state index is 0.262. The van der Waals surface area contributed by atoms with Gasteiger partial charge in [-0.15, -0.1) is 0 Å². The van der Waals surface area contributed by atoms with Crippen LogP contribution in [-0.4, -0.2) is 10.9 Å². The Bertz CT molecular complexity index is 1210. The van der Waals surface area contributed by atoms with Crippen molar-refractivity contribution < 1.29 is 9.21 Å². The fourth-order valence-electron chi connectivity index (χ4n) is 3.18. The fraction of sp³-hybridized carbons (Fsp3) is 0.130. The van der Waals surface area contributed by atoms with E-state index < -0.39 is 0 Å². The molecule has 0 aliphatic carbocycles. The number of halogens is 1. The zero-order valence-electron chi connectivity index (χ0n) is 15.8. The number of carbonyl (C=O) groups is 1. The Hall–Kier alpha value is -3.11. The third kappa shape index (κ3) is 3.51. The zero-order chi connectivity index (χ0) is 19.8. The van der Waals surface area contributed by atoms with Gasteiger partial charge in [-0.3, -0.25) is 4.79 Å². The second kappa shape index (κ2) is 7.13. The van der Waals surface area contributed by atoms with Gasteiger partial charge in [0.2, 0.25) is 5.89 Å². The van der Waals surface area contributed by atoms with Gasteiger partial charge in [0, 0.05) is 11.3 Å². The van der Waals surface area contributed by atoms with Gasteiger partial charge >= 0.3 is 0 Å². The summed E-state index contributed by atoms with van der Waals surface area (Å²) in [5, 5.41) is 3.30. The van der Waals surface area contributed by atoms with E-state index in [0.717, 1.165) is 16.7 Å². The topological polar surface area (TPSA) is 55.1 Å². The van der Waals surface area contributed by atoms with Crippen molar-refractivity contribution in [3.8, 4) is 11.5 Å². The predicted molar refractivity (Wildman–Crippen MR) is 113 cm³/mol. The van der Waals surface area contributed by atoms with Crippen molar-refractivity contribution in [2.75, 3.05) is 5.32 Å². The minimum atomic E-state index is -0.262. The molecule has 1 amide bonds. The Morgan fingerprint density at radius 3 is 2.46 bits per heavy atom. The van der Waals surface area contributed by atoms with E-state index >= 15 is 0 Å². The monoisotopic (exact) mass is 390 g/mol. The molecule has 28 heavy (non-hydrogen) atoms. The largest absolute Gasteiger partial charge is 0.436 e. The lowest BCUT2D eigenvalue weighted by atomic mass is 10.1. The Morgan fingerprint density at radius 1 is 0.964 bits per heavy atom. The normalized spacial score (nSPS) is 11.0. The van der Waals surface area contributed by atoms with Crippen LogP contribution in [0.25, 0.3) is 22.6 Å². The number of carbonyl (C=O) groups excluding carboxylic acids is 1. The summed E-state index contributed by atoms with van der Waals surface area (Å²) < 4.78 is 5.91. The lowest BCUT2D eigenvalue weighted by Gasteiger charge is -2.07. The highest BCUT2D eigenvalue weighted by Crippen LogP contribution is 2.29. The lowest BCUT2D eigenvalue weighted by Crippen LogP contribution is -2.12. The average Bonchev–Trinajstić information content (AvgIpc) is 3.04. The molecule has 1 heterocycles. The number of benzene rings is 3. The maximum atomic E-state index is 12.5. The summed E-state index contributed by atoms with van der Waals surface area (Å²) in [5.74, 6) is 0.306. The Balaban J connectivity index is 1.64. The maximum absolute atomic E-state index is 12.5.